The first kappa shape index (κ1) is 28.6. The van der Waals surface area contributed by atoms with Crippen LogP contribution < -0.4 is 25.6 Å². The number of hydrogen-bond acceptors (Lipinski definition) is 9. The first-order valence-corrected chi connectivity index (χ1v) is 15.0. The predicted molar refractivity (Wildman–Crippen MR) is 172 cm³/mol. The Morgan fingerprint density at radius 3 is 2.33 bits per heavy atom. The smallest absolute Gasteiger partial charge is 0.336 e. The molecule has 2 aliphatic rings. The molecule has 10 heteroatoms. The number of rotatable bonds is 8. The molecule has 0 aliphatic carbocycles. The number of hydrazine groups is 1. The van der Waals surface area contributed by atoms with Gasteiger partial charge in [-0.05, 0) is 55.0 Å². The van der Waals surface area contributed by atoms with E-state index in [4.69, 9.17) is 9.15 Å². The number of aryl methyl sites for hydroxylation is 1. The fraction of sp³-hybridized carbons (Fsp3) is 0.229. The lowest BCUT2D eigenvalue weighted by atomic mass is 9.93. The molecular formula is C35H32N4O6. The second-order valence-corrected chi connectivity index (χ2v) is 11.3. The molecule has 5 aromatic rings. The van der Waals surface area contributed by atoms with E-state index in [9.17, 15) is 19.5 Å². The third-order valence-corrected chi connectivity index (χ3v) is 8.48. The van der Waals surface area contributed by atoms with Crippen molar-refractivity contribution in [3.05, 3.63) is 112 Å². The monoisotopic (exact) mass is 604 g/mol. The van der Waals surface area contributed by atoms with E-state index in [1.807, 2.05) is 43.3 Å². The van der Waals surface area contributed by atoms with Crippen LogP contribution in [0.4, 0.5) is 11.4 Å². The van der Waals surface area contributed by atoms with Crippen molar-refractivity contribution >= 4 is 44.9 Å². The molecule has 0 bridgehead atoms. The Balaban J connectivity index is 1.03. The normalized spacial score (nSPS) is 15.6. The maximum Gasteiger partial charge on any atom is 0.336 e. The van der Waals surface area contributed by atoms with Crippen LogP contribution in [0.2, 0.25) is 0 Å². The minimum Gasteiger partial charge on any atom is -0.491 e. The van der Waals surface area contributed by atoms with Gasteiger partial charge < -0.3 is 24.1 Å². The van der Waals surface area contributed by atoms with Crippen molar-refractivity contribution in [1.29, 1.82) is 0 Å². The summed E-state index contributed by atoms with van der Waals surface area (Å²) in [6.07, 6.45) is -1.04. The van der Waals surface area contributed by atoms with E-state index in [0.717, 1.165) is 53.2 Å². The van der Waals surface area contributed by atoms with E-state index in [0.29, 0.717) is 27.8 Å². The number of carbonyl (C=O) groups excluding carboxylic acids is 2. The number of benzene rings is 4. The number of nitrogens with zero attached hydrogens (tertiary/aromatic N) is 3. The van der Waals surface area contributed by atoms with Crippen molar-refractivity contribution < 1.29 is 23.8 Å². The number of piperazine rings is 1. The number of fused-ring (bicyclic) bond motifs is 1. The van der Waals surface area contributed by atoms with E-state index >= 15 is 0 Å². The summed E-state index contributed by atoms with van der Waals surface area (Å²) in [6.45, 7) is 4.97. The number of imide groups is 1. The zero-order valence-corrected chi connectivity index (χ0v) is 24.7. The van der Waals surface area contributed by atoms with Crippen molar-refractivity contribution in [2.24, 2.45) is 0 Å². The standard InChI is InChI=1S/C35H32N4O6/c1-22-18-32(41)45-31-19-25(10-11-26(22)31)44-21-24(40)20-36-39-34(42)28-9-5-8-27-30(13-12-29(33(27)28)35(39)43)38-16-14-37(15-17-38)23-6-3-2-4-7-23/h2-13,18-19,24,36,40H,14-17,20-21H2,1H3. The molecule has 45 heavy (non-hydrogen) atoms. The lowest BCUT2D eigenvalue weighted by molar-refractivity contribution is 0.0433. The van der Waals surface area contributed by atoms with Gasteiger partial charge in [-0.3, -0.25) is 9.59 Å². The number of nitrogens with one attached hydrogen (secondary N) is 1. The first-order chi connectivity index (χ1) is 21.9. The van der Waals surface area contributed by atoms with Crippen LogP contribution in [0.1, 0.15) is 26.3 Å². The van der Waals surface area contributed by atoms with Gasteiger partial charge in [0.2, 0.25) is 0 Å². The lowest BCUT2D eigenvalue weighted by Gasteiger charge is -2.38. The molecule has 7 rings (SSSR count). The van der Waals surface area contributed by atoms with Gasteiger partial charge >= 0.3 is 5.63 Å². The molecule has 1 aromatic heterocycles. The quantitative estimate of drug-likeness (QED) is 0.199. The minimum atomic E-state index is -1.04. The van der Waals surface area contributed by atoms with Crippen molar-refractivity contribution in [2.45, 2.75) is 13.0 Å². The van der Waals surface area contributed by atoms with Crippen LogP contribution >= 0.6 is 0 Å². The van der Waals surface area contributed by atoms with Crippen molar-refractivity contribution in [1.82, 2.24) is 10.4 Å². The fourth-order valence-electron chi connectivity index (χ4n) is 6.19. The molecule has 228 valence electrons. The molecule has 1 atom stereocenters. The van der Waals surface area contributed by atoms with Gasteiger partial charge in [-0.25, -0.2) is 15.2 Å². The summed E-state index contributed by atoms with van der Waals surface area (Å²) < 4.78 is 11.0. The van der Waals surface area contributed by atoms with Gasteiger partial charge in [-0.2, -0.15) is 0 Å². The molecule has 2 N–H and O–H groups in total. The van der Waals surface area contributed by atoms with E-state index < -0.39 is 23.5 Å². The Bertz CT molecular complexity index is 1960. The van der Waals surface area contributed by atoms with Crippen LogP contribution in [0, 0.1) is 6.92 Å². The third kappa shape index (κ3) is 5.39. The SMILES string of the molecule is Cc1cc(=O)oc2cc(OCC(O)CNN3C(=O)c4cccc5c(N6CCN(c7ccccc7)CC6)ccc(c45)C3=O)ccc12. The highest BCUT2D eigenvalue weighted by atomic mass is 16.5. The average Bonchev–Trinajstić information content (AvgIpc) is 3.06. The molecule has 4 aromatic carbocycles. The van der Waals surface area contributed by atoms with Crippen LogP contribution in [-0.4, -0.2) is 67.4 Å². The van der Waals surface area contributed by atoms with Gasteiger partial charge in [0.25, 0.3) is 11.8 Å². The second kappa shape index (κ2) is 11.7. The number of amides is 2. The number of hydrogen-bond donors (Lipinski definition) is 2. The molecule has 1 saturated heterocycles. The zero-order valence-electron chi connectivity index (χ0n) is 24.7. The molecule has 0 saturated carbocycles. The van der Waals surface area contributed by atoms with Gasteiger partial charge in [-0.15, -0.1) is 0 Å². The zero-order chi connectivity index (χ0) is 31.1. The molecule has 10 nitrogen and oxygen atoms in total. The van der Waals surface area contributed by atoms with Crippen molar-refractivity contribution in [3.8, 4) is 5.75 Å². The largest absolute Gasteiger partial charge is 0.491 e. The highest BCUT2D eigenvalue weighted by molar-refractivity contribution is 6.26. The summed E-state index contributed by atoms with van der Waals surface area (Å²) in [6, 6.07) is 26.2. The van der Waals surface area contributed by atoms with E-state index in [1.165, 1.54) is 11.8 Å². The van der Waals surface area contributed by atoms with Gasteiger partial charge in [0.1, 0.15) is 24.0 Å². The molecule has 0 radical (unpaired) electrons. The Morgan fingerprint density at radius 2 is 1.56 bits per heavy atom. The first-order valence-electron chi connectivity index (χ1n) is 15.0. The van der Waals surface area contributed by atoms with Crippen LogP contribution in [0.3, 0.4) is 0 Å². The minimum absolute atomic E-state index is 0.103. The molecule has 3 heterocycles. The number of para-hydroxylation sites is 1. The molecule has 1 fully saturated rings. The summed E-state index contributed by atoms with van der Waals surface area (Å²) in [5.74, 6) is -0.535. The second-order valence-electron chi connectivity index (χ2n) is 11.3. The molecule has 2 aliphatic heterocycles. The number of anilines is 2. The number of carbonyl (C=O) groups is 2. The Morgan fingerprint density at radius 1 is 0.822 bits per heavy atom. The summed E-state index contributed by atoms with van der Waals surface area (Å²) >= 11 is 0. The number of aliphatic hydroxyl groups is 1. The van der Waals surface area contributed by atoms with Crippen LogP contribution in [0.5, 0.6) is 5.75 Å². The van der Waals surface area contributed by atoms with Gasteiger partial charge in [0.15, 0.2) is 0 Å². The van der Waals surface area contributed by atoms with Gasteiger partial charge in [0, 0.05) is 72.4 Å². The van der Waals surface area contributed by atoms with E-state index in [2.05, 4.69) is 27.4 Å². The molecule has 1 unspecified atom stereocenters. The molecular weight excluding hydrogens is 572 g/mol. The lowest BCUT2D eigenvalue weighted by Crippen LogP contribution is -2.52. The highest BCUT2D eigenvalue weighted by Gasteiger charge is 2.34. The Hall–Kier alpha value is -5.19. The van der Waals surface area contributed by atoms with E-state index in [-0.39, 0.29) is 13.2 Å². The van der Waals surface area contributed by atoms with Crippen molar-refractivity contribution in [3.63, 3.8) is 0 Å². The molecule has 0 spiro atoms. The fourth-order valence-corrected chi connectivity index (χ4v) is 6.19. The number of ether oxygens (including phenoxy) is 1. The highest BCUT2D eigenvalue weighted by Crippen LogP contribution is 2.36. The maximum absolute atomic E-state index is 13.5. The average molecular weight is 605 g/mol. The van der Waals surface area contributed by atoms with Gasteiger partial charge in [-0.1, -0.05) is 30.3 Å². The van der Waals surface area contributed by atoms with Gasteiger partial charge in [0.05, 0.1) is 11.1 Å². The Labute approximate surface area is 259 Å². The molecule has 2 amide bonds. The van der Waals surface area contributed by atoms with Crippen LogP contribution in [0.25, 0.3) is 21.7 Å². The maximum atomic E-state index is 13.5. The Kier molecular flexibility index (Phi) is 7.44. The van der Waals surface area contributed by atoms with Crippen molar-refractivity contribution in [2.75, 3.05) is 49.1 Å². The van der Waals surface area contributed by atoms with Crippen LogP contribution in [-0.2, 0) is 0 Å². The van der Waals surface area contributed by atoms with Crippen LogP contribution in [0.15, 0.2) is 94.1 Å². The topological polar surface area (TPSA) is 116 Å². The predicted octanol–water partition coefficient (Wildman–Crippen LogP) is 4.12. The summed E-state index contributed by atoms with van der Waals surface area (Å²) in [4.78, 5) is 43.5. The number of aliphatic hydroxyl groups excluding tert-OH is 1. The summed E-state index contributed by atoms with van der Waals surface area (Å²) in [5.41, 5.74) is 6.60. The van der Waals surface area contributed by atoms with E-state index in [1.54, 1.807) is 30.3 Å². The summed E-state index contributed by atoms with van der Waals surface area (Å²) in [7, 11) is 0. The third-order valence-electron chi connectivity index (χ3n) is 8.48. The summed E-state index contributed by atoms with van der Waals surface area (Å²) in [5, 5.41) is 13.9.